The van der Waals surface area contributed by atoms with E-state index in [0.717, 1.165) is 6.08 Å². The Morgan fingerprint density at radius 2 is 1.92 bits per heavy atom. The molecule has 72 valence electrons. The van der Waals surface area contributed by atoms with E-state index in [2.05, 4.69) is 4.74 Å². The molecule has 2 nitrogen and oxygen atoms in total. The summed E-state index contributed by atoms with van der Waals surface area (Å²) in [5, 5.41) is 0. The third kappa shape index (κ3) is 1.01. The molecule has 3 rings (SSSR count). The molecule has 3 fully saturated rings. The minimum Gasteiger partial charge on any atom is -0.469 e. The van der Waals surface area contributed by atoms with E-state index in [1.54, 1.807) is 0 Å². The summed E-state index contributed by atoms with van der Waals surface area (Å²) in [6.07, 6.45) is 0.939. The van der Waals surface area contributed by atoms with Crippen LogP contribution in [0.4, 0.5) is 8.78 Å². The lowest BCUT2D eigenvalue weighted by molar-refractivity contribution is -0.209. The van der Waals surface area contributed by atoms with E-state index in [1.165, 1.54) is 7.11 Å². The molecule has 4 heteroatoms. The molecule has 3 aliphatic carbocycles. The van der Waals surface area contributed by atoms with Crippen molar-refractivity contribution in [2.45, 2.75) is 19.3 Å². The lowest BCUT2D eigenvalue weighted by atomic mass is 9.35. The molecule has 0 aromatic heterocycles. The fourth-order valence-electron chi connectivity index (χ4n) is 2.68. The molecule has 3 aliphatic rings. The Morgan fingerprint density at radius 1 is 1.38 bits per heavy atom. The predicted octanol–water partition coefficient (Wildman–Crippen LogP) is 2.11. The van der Waals surface area contributed by atoms with Crippen molar-refractivity contribution in [1.82, 2.24) is 0 Å². The van der Waals surface area contributed by atoms with Gasteiger partial charge in [-0.25, -0.2) is 0 Å². The molecule has 0 unspecified atom stereocenters. The van der Waals surface area contributed by atoms with E-state index in [1.807, 2.05) is 0 Å². The Hall–Kier alpha value is -0.930. The Bertz CT molecular complexity index is 272. The highest BCUT2D eigenvalue weighted by Crippen LogP contribution is 2.74. The van der Waals surface area contributed by atoms with E-state index in [4.69, 9.17) is 0 Å². The summed E-state index contributed by atoms with van der Waals surface area (Å²) in [6, 6.07) is 0. The van der Waals surface area contributed by atoms with Gasteiger partial charge in [0.1, 0.15) is 0 Å². The van der Waals surface area contributed by atoms with Crippen molar-refractivity contribution in [2.75, 3.05) is 7.11 Å². The van der Waals surface area contributed by atoms with E-state index >= 15 is 0 Å². The summed E-state index contributed by atoms with van der Waals surface area (Å²) in [6.45, 7) is 0. The van der Waals surface area contributed by atoms with Gasteiger partial charge in [0.2, 0.25) is 0 Å². The van der Waals surface area contributed by atoms with Crippen LogP contribution < -0.4 is 0 Å². The maximum Gasteiger partial charge on any atom is 0.311 e. The van der Waals surface area contributed by atoms with Crippen LogP contribution >= 0.6 is 0 Å². The van der Waals surface area contributed by atoms with Gasteiger partial charge in [-0.05, 0) is 30.8 Å². The number of halogens is 2. The molecule has 0 aliphatic heterocycles. The number of methoxy groups -OCH3 is 1. The molecule has 13 heavy (non-hydrogen) atoms. The minimum absolute atomic E-state index is 0.248. The first kappa shape index (κ1) is 8.66. The molecule has 0 heterocycles. The number of esters is 1. The van der Waals surface area contributed by atoms with E-state index in [9.17, 15) is 13.6 Å². The Labute approximate surface area is 74.6 Å². The monoisotopic (exact) mass is 188 g/mol. The Morgan fingerprint density at radius 3 is 2.31 bits per heavy atom. The van der Waals surface area contributed by atoms with Gasteiger partial charge in [0, 0.05) is 0 Å². The van der Waals surface area contributed by atoms with Gasteiger partial charge in [0.15, 0.2) is 0 Å². The van der Waals surface area contributed by atoms with Gasteiger partial charge >= 0.3 is 5.97 Å². The smallest absolute Gasteiger partial charge is 0.311 e. The number of rotatable bonds is 2. The first-order valence-corrected chi connectivity index (χ1v) is 4.14. The molecule has 2 bridgehead atoms. The second-order valence-corrected chi connectivity index (χ2v) is 4.10. The second-order valence-electron chi connectivity index (χ2n) is 4.10. The number of hydrogen-bond acceptors (Lipinski definition) is 2. The fourth-order valence-corrected chi connectivity index (χ4v) is 2.68. The van der Waals surface area contributed by atoms with Gasteiger partial charge in [-0.1, -0.05) is 0 Å². The van der Waals surface area contributed by atoms with Crippen LogP contribution in [0, 0.1) is 10.8 Å². The van der Waals surface area contributed by atoms with Crippen LogP contribution in [-0.4, -0.2) is 13.1 Å². The molecule has 3 saturated carbocycles. The fraction of sp³-hybridized carbons (Fsp3) is 0.667. The molecular weight excluding hydrogens is 178 g/mol. The average molecular weight is 188 g/mol. The molecule has 0 atom stereocenters. The second kappa shape index (κ2) is 2.30. The van der Waals surface area contributed by atoms with E-state index in [0.29, 0.717) is 19.3 Å². The zero-order valence-corrected chi connectivity index (χ0v) is 7.27. The quantitative estimate of drug-likeness (QED) is 0.620. The van der Waals surface area contributed by atoms with Crippen LogP contribution in [-0.2, 0) is 9.53 Å². The SMILES string of the molecule is COC(=O)C12CC(C=C(F)F)(C1)C2. The van der Waals surface area contributed by atoms with Crippen LogP contribution in [0.3, 0.4) is 0 Å². The number of allylic oxidation sites excluding steroid dienone is 1. The lowest BCUT2D eigenvalue weighted by Crippen LogP contribution is -2.64. The van der Waals surface area contributed by atoms with Crippen LogP contribution in [0.25, 0.3) is 0 Å². The zero-order valence-electron chi connectivity index (χ0n) is 7.27. The molecule has 0 spiro atoms. The maximum atomic E-state index is 11.9. The van der Waals surface area contributed by atoms with E-state index < -0.39 is 11.5 Å². The number of carbonyl (C=O) groups excluding carboxylic acids is 1. The average Bonchev–Trinajstić information content (AvgIpc) is 1.92. The number of ether oxygens (including phenoxy) is 1. The molecule has 0 saturated heterocycles. The first-order valence-electron chi connectivity index (χ1n) is 4.14. The van der Waals surface area contributed by atoms with Crippen molar-refractivity contribution < 1.29 is 18.3 Å². The van der Waals surface area contributed by atoms with Crippen LogP contribution in [0.15, 0.2) is 12.2 Å². The highest BCUT2D eigenvalue weighted by atomic mass is 19.3. The normalized spacial score (nSPS) is 39.9. The van der Waals surface area contributed by atoms with Crippen molar-refractivity contribution in [1.29, 1.82) is 0 Å². The van der Waals surface area contributed by atoms with Crippen LogP contribution in [0.2, 0.25) is 0 Å². The topological polar surface area (TPSA) is 26.3 Å². The highest BCUT2D eigenvalue weighted by Gasteiger charge is 2.71. The van der Waals surface area contributed by atoms with Crippen molar-refractivity contribution in [3.05, 3.63) is 12.2 Å². The van der Waals surface area contributed by atoms with Gasteiger partial charge in [-0.3, -0.25) is 4.79 Å². The summed E-state index contributed by atoms with van der Waals surface area (Å²) in [4.78, 5) is 11.2. The summed E-state index contributed by atoms with van der Waals surface area (Å²) in [7, 11) is 1.33. The highest BCUT2D eigenvalue weighted by molar-refractivity contribution is 5.81. The number of hydrogen-bond donors (Lipinski definition) is 0. The van der Waals surface area contributed by atoms with Crippen LogP contribution in [0.1, 0.15) is 19.3 Å². The summed E-state index contributed by atoms with van der Waals surface area (Å²) >= 11 is 0. The van der Waals surface area contributed by atoms with Crippen molar-refractivity contribution in [3.8, 4) is 0 Å². The van der Waals surface area contributed by atoms with Crippen molar-refractivity contribution >= 4 is 5.97 Å². The van der Waals surface area contributed by atoms with Crippen molar-refractivity contribution in [2.24, 2.45) is 10.8 Å². The largest absolute Gasteiger partial charge is 0.469 e. The third-order valence-electron chi connectivity index (χ3n) is 3.11. The molecule has 0 N–H and O–H groups in total. The van der Waals surface area contributed by atoms with Gasteiger partial charge in [0.25, 0.3) is 6.08 Å². The molecular formula is C9H10F2O2. The standard InChI is InChI=1S/C9H10F2O2/c1-13-7(12)9-3-8(4-9,5-9)2-6(10)11/h2H,3-5H2,1H3. The van der Waals surface area contributed by atoms with Gasteiger partial charge in [0.05, 0.1) is 12.5 Å². The zero-order chi connectivity index (χ0) is 9.69. The van der Waals surface area contributed by atoms with E-state index in [-0.39, 0.29) is 11.4 Å². The molecule has 0 aromatic carbocycles. The first-order chi connectivity index (χ1) is 6.02. The maximum absolute atomic E-state index is 11.9. The summed E-state index contributed by atoms with van der Waals surface area (Å²) in [5.41, 5.74) is -0.798. The van der Waals surface area contributed by atoms with Crippen LogP contribution in [0.5, 0.6) is 0 Å². The number of carbonyl (C=O) groups is 1. The van der Waals surface area contributed by atoms with Gasteiger partial charge in [-0.2, -0.15) is 8.78 Å². The Kier molecular flexibility index (Phi) is 1.54. The van der Waals surface area contributed by atoms with Crippen molar-refractivity contribution in [3.63, 3.8) is 0 Å². The van der Waals surface area contributed by atoms with Gasteiger partial charge < -0.3 is 4.74 Å². The molecule has 0 radical (unpaired) electrons. The third-order valence-corrected chi connectivity index (χ3v) is 3.11. The van der Waals surface area contributed by atoms with Gasteiger partial charge in [-0.15, -0.1) is 0 Å². The Balaban J connectivity index is 2.00. The summed E-state index contributed by atoms with van der Waals surface area (Å²) < 4.78 is 28.5. The minimum atomic E-state index is -1.64. The summed E-state index contributed by atoms with van der Waals surface area (Å²) in [5.74, 6) is -0.248. The lowest BCUT2D eigenvalue weighted by Gasteiger charge is -2.67. The molecule has 0 aromatic rings. The molecule has 0 amide bonds. The predicted molar refractivity (Wildman–Crippen MR) is 41.0 cm³/mol.